The number of nitrogens with zero attached hydrogens (tertiary/aromatic N) is 1. The molecule has 0 aliphatic rings. The van der Waals surface area contributed by atoms with E-state index < -0.39 is 0 Å². The largest absolute Gasteiger partial charge is 0.371 e. The van der Waals surface area contributed by atoms with Gasteiger partial charge in [-0.15, -0.1) is 0 Å². The van der Waals surface area contributed by atoms with Gasteiger partial charge in [-0.05, 0) is 24.5 Å². The van der Waals surface area contributed by atoms with E-state index in [0.29, 0.717) is 6.04 Å². The van der Waals surface area contributed by atoms with Crippen LogP contribution in [0.15, 0.2) is 24.3 Å². The highest BCUT2D eigenvalue weighted by Crippen LogP contribution is 2.21. The lowest BCUT2D eigenvalue weighted by Gasteiger charge is -2.27. The Labute approximate surface area is 125 Å². The minimum absolute atomic E-state index is 0.530. The van der Waals surface area contributed by atoms with E-state index in [4.69, 9.17) is 0 Å². The van der Waals surface area contributed by atoms with E-state index in [1.165, 1.54) is 50.0 Å². The highest BCUT2D eigenvalue weighted by molar-refractivity contribution is 5.53. The Morgan fingerprint density at radius 2 is 1.60 bits per heavy atom. The molecule has 0 fully saturated rings. The van der Waals surface area contributed by atoms with E-state index in [1.54, 1.807) is 0 Å². The van der Waals surface area contributed by atoms with Gasteiger partial charge in [0, 0.05) is 31.4 Å². The third kappa shape index (κ3) is 5.96. The first-order valence-electron chi connectivity index (χ1n) is 8.25. The van der Waals surface area contributed by atoms with Crippen LogP contribution in [-0.4, -0.2) is 19.1 Å². The van der Waals surface area contributed by atoms with Crippen molar-refractivity contribution in [3.8, 4) is 0 Å². The lowest BCUT2D eigenvalue weighted by molar-refractivity contribution is 0.586. The zero-order valence-corrected chi connectivity index (χ0v) is 13.8. The van der Waals surface area contributed by atoms with Crippen LogP contribution in [0.2, 0.25) is 0 Å². The summed E-state index contributed by atoms with van der Waals surface area (Å²) in [5.74, 6) is 0. The number of benzene rings is 1. The molecular weight excluding hydrogens is 244 g/mol. The van der Waals surface area contributed by atoms with Crippen molar-refractivity contribution < 1.29 is 0 Å². The fourth-order valence-electron chi connectivity index (χ4n) is 2.33. The van der Waals surface area contributed by atoms with Crippen molar-refractivity contribution in [3.05, 3.63) is 29.8 Å². The van der Waals surface area contributed by atoms with Crippen molar-refractivity contribution in [2.45, 2.75) is 66.0 Å². The predicted octanol–water partition coefficient (Wildman–Crippen LogP) is 4.59. The number of anilines is 1. The SMILES string of the molecule is CCCCN(CCCC)c1ccccc1CNC(C)C. The Hall–Kier alpha value is -1.02. The Bertz CT molecular complexity index is 352. The summed E-state index contributed by atoms with van der Waals surface area (Å²) >= 11 is 0. The van der Waals surface area contributed by atoms with Crippen LogP contribution in [0.4, 0.5) is 5.69 Å². The van der Waals surface area contributed by atoms with Gasteiger partial charge >= 0.3 is 0 Å². The molecule has 0 radical (unpaired) electrons. The maximum absolute atomic E-state index is 3.54. The first-order valence-corrected chi connectivity index (χ1v) is 8.25. The highest BCUT2D eigenvalue weighted by Gasteiger charge is 2.10. The highest BCUT2D eigenvalue weighted by atomic mass is 15.1. The van der Waals surface area contributed by atoms with Crippen LogP contribution in [0.1, 0.15) is 58.9 Å². The average Bonchev–Trinajstić information content (AvgIpc) is 2.46. The molecule has 20 heavy (non-hydrogen) atoms. The summed E-state index contributed by atoms with van der Waals surface area (Å²) in [5.41, 5.74) is 2.84. The zero-order valence-electron chi connectivity index (χ0n) is 13.8. The topological polar surface area (TPSA) is 15.3 Å². The normalized spacial score (nSPS) is 11.1. The molecule has 0 aromatic heterocycles. The number of rotatable bonds is 10. The molecule has 0 unspecified atom stereocenters. The van der Waals surface area contributed by atoms with E-state index in [2.05, 4.69) is 62.2 Å². The summed E-state index contributed by atoms with van der Waals surface area (Å²) in [6, 6.07) is 9.39. The van der Waals surface area contributed by atoms with Gasteiger partial charge in [-0.1, -0.05) is 58.7 Å². The van der Waals surface area contributed by atoms with Gasteiger partial charge < -0.3 is 10.2 Å². The van der Waals surface area contributed by atoms with Gasteiger partial charge in [-0.2, -0.15) is 0 Å². The monoisotopic (exact) mass is 276 g/mol. The lowest BCUT2D eigenvalue weighted by Crippen LogP contribution is -2.28. The lowest BCUT2D eigenvalue weighted by atomic mass is 10.1. The molecule has 0 bridgehead atoms. The van der Waals surface area contributed by atoms with Crippen molar-refractivity contribution in [2.75, 3.05) is 18.0 Å². The number of nitrogens with one attached hydrogen (secondary N) is 1. The van der Waals surface area contributed by atoms with Gasteiger partial charge in [0.1, 0.15) is 0 Å². The van der Waals surface area contributed by atoms with Crippen LogP contribution >= 0.6 is 0 Å². The molecule has 0 aliphatic heterocycles. The second kappa shape index (κ2) is 9.82. The van der Waals surface area contributed by atoms with Crippen LogP contribution in [0.3, 0.4) is 0 Å². The first kappa shape index (κ1) is 17.0. The summed E-state index contributed by atoms with van der Waals surface area (Å²) in [5, 5.41) is 3.54. The summed E-state index contributed by atoms with van der Waals surface area (Å²) in [7, 11) is 0. The van der Waals surface area contributed by atoms with Crippen molar-refractivity contribution >= 4 is 5.69 Å². The van der Waals surface area contributed by atoms with E-state index in [1.807, 2.05) is 0 Å². The van der Waals surface area contributed by atoms with Crippen molar-refractivity contribution in [3.63, 3.8) is 0 Å². The molecule has 1 rings (SSSR count). The fourth-order valence-corrected chi connectivity index (χ4v) is 2.33. The number of hydrogen-bond acceptors (Lipinski definition) is 2. The molecule has 0 saturated carbocycles. The number of unbranched alkanes of at least 4 members (excludes halogenated alkanes) is 2. The molecule has 0 spiro atoms. The Morgan fingerprint density at radius 3 is 2.15 bits per heavy atom. The van der Waals surface area contributed by atoms with Crippen molar-refractivity contribution in [1.29, 1.82) is 0 Å². The molecule has 0 atom stereocenters. The molecule has 1 aromatic carbocycles. The second-order valence-corrected chi connectivity index (χ2v) is 5.86. The third-order valence-electron chi connectivity index (χ3n) is 3.60. The molecule has 0 aliphatic carbocycles. The molecule has 2 nitrogen and oxygen atoms in total. The number of hydrogen-bond donors (Lipinski definition) is 1. The smallest absolute Gasteiger partial charge is 0.0411 e. The maximum Gasteiger partial charge on any atom is 0.0411 e. The van der Waals surface area contributed by atoms with Crippen LogP contribution in [0.5, 0.6) is 0 Å². The summed E-state index contributed by atoms with van der Waals surface area (Å²) in [4.78, 5) is 2.57. The average molecular weight is 276 g/mol. The maximum atomic E-state index is 3.54. The third-order valence-corrected chi connectivity index (χ3v) is 3.60. The Morgan fingerprint density at radius 1 is 1.00 bits per heavy atom. The molecular formula is C18H32N2. The van der Waals surface area contributed by atoms with E-state index in [9.17, 15) is 0 Å². The minimum Gasteiger partial charge on any atom is -0.371 e. The van der Waals surface area contributed by atoms with Gasteiger partial charge in [0.05, 0.1) is 0 Å². The fraction of sp³-hybridized carbons (Fsp3) is 0.667. The standard InChI is InChI=1S/C18H32N2/c1-5-7-13-20(14-8-6-2)18-12-10-9-11-17(18)15-19-16(3)4/h9-12,16,19H,5-8,13-15H2,1-4H3. The van der Waals surface area contributed by atoms with Crippen LogP contribution in [0, 0.1) is 0 Å². The van der Waals surface area contributed by atoms with Crippen molar-refractivity contribution in [1.82, 2.24) is 5.32 Å². The zero-order chi connectivity index (χ0) is 14.8. The summed E-state index contributed by atoms with van der Waals surface area (Å²) < 4.78 is 0. The minimum atomic E-state index is 0.530. The molecule has 0 amide bonds. The molecule has 1 N–H and O–H groups in total. The van der Waals surface area contributed by atoms with Gasteiger partial charge in [-0.3, -0.25) is 0 Å². The van der Waals surface area contributed by atoms with Crippen LogP contribution in [0.25, 0.3) is 0 Å². The second-order valence-electron chi connectivity index (χ2n) is 5.86. The summed E-state index contributed by atoms with van der Waals surface area (Å²) in [6.45, 7) is 12.3. The molecule has 0 heterocycles. The molecule has 0 saturated heterocycles. The van der Waals surface area contributed by atoms with Crippen LogP contribution < -0.4 is 10.2 Å². The van der Waals surface area contributed by atoms with Crippen molar-refractivity contribution in [2.24, 2.45) is 0 Å². The van der Waals surface area contributed by atoms with Crippen LogP contribution in [-0.2, 0) is 6.54 Å². The molecule has 114 valence electrons. The van der Waals surface area contributed by atoms with Gasteiger partial charge in [0.25, 0.3) is 0 Å². The Kier molecular flexibility index (Phi) is 8.36. The predicted molar refractivity (Wildman–Crippen MR) is 90.4 cm³/mol. The van der Waals surface area contributed by atoms with E-state index >= 15 is 0 Å². The quantitative estimate of drug-likeness (QED) is 0.672. The van der Waals surface area contributed by atoms with E-state index in [0.717, 1.165) is 6.54 Å². The molecule has 1 aromatic rings. The Balaban J connectivity index is 2.81. The van der Waals surface area contributed by atoms with E-state index in [-0.39, 0.29) is 0 Å². The summed E-state index contributed by atoms with van der Waals surface area (Å²) in [6.07, 6.45) is 5.06. The van der Waals surface area contributed by atoms with Gasteiger partial charge in [0.15, 0.2) is 0 Å². The molecule has 2 heteroatoms. The van der Waals surface area contributed by atoms with Gasteiger partial charge in [0.2, 0.25) is 0 Å². The van der Waals surface area contributed by atoms with Gasteiger partial charge in [-0.25, -0.2) is 0 Å². The first-order chi connectivity index (χ1) is 9.69. The number of para-hydroxylation sites is 1.